The quantitative estimate of drug-likeness (QED) is 0.639. The van der Waals surface area contributed by atoms with Gasteiger partial charge in [-0.15, -0.1) is 0 Å². The standard InChI is InChI=1S/C8H14N2O/c1-8(11,6-9)7-4-3-5-10(7)2/h3-5,11H,6,9H2,1-2H3. The molecule has 0 fully saturated rings. The molecule has 3 heteroatoms. The van der Waals surface area contributed by atoms with Crippen molar-refractivity contribution in [3.8, 4) is 0 Å². The van der Waals surface area contributed by atoms with Gasteiger partial charge < -0.3 is 15.4 Å². The predicted molar refractivity (Wildman–Crippen MR) is 44.0 cm³/mol. The van der Waals surface area contributed by atoms with E-state index in [2.05, 4.69) is 0 Å². The van der Waals surface area contributed by atoms with E-state index in [-0.39, 0.29) is 6.54 Å². The van der Waals surface area contributed by atoms with Crippen molar-refractivity contribution < 1.29 is 5.11 Å². The number of nitrogens with zero attached hydrogens (tertiary/aromatic N) is 1. The molecule has 0 saturated heterocycles. The molecule has 62 valence electrons. The molecule has 0 aliphatic heterocycles. The minimum Gasteiger partial charge on any atom is -0.383 e. The topological polar surface area (TPSA) is 51.2 Å². The van der Waals surface area contributed by atoms with E-state index in [0.717, 1.165) is 5.69 Å². The van der Waals surface area contributed by atoms with E-state index < -0.39 is 5.60 Å². The van der Waals surface area contributed by atoms with E-state index >= 15 is 0 Å². The molecule has 3 nitrogen and oxygen atoms in total. The lowest BCUT2D eigenvalue weighted by Crippen LogP contribution is -2.33. The summed E-state index contributed by atoms with van der Waals surface area (Å²) in [5.41, 5.74) is 5.35. The number of aryl methyl sites for hydroxylation is 1. The summed E-state index contributed by atoms with van der Waals surface area (Å²) in [6.45, 7) is 1.95. The van der Waals surface area contributed by atoms with Crippen molar-refractivity contribution in [3.05, 3.63) is 24.0 Å². The summed E-state index contributed by atoms with van der Waals surface area (Å²) in [6, 6.07) is 3.76. The highest BCUT2D eigenvalue weighted by molar-refractivity contribution is 5.14. The highest BCUT2D eigenvalue weighted by Gasteiger charge is 2.22. The van der Waals surface area contributed by atoms with Crippen LogP contribution in [0.15, 0.2) is 18.3 Å². The van der Waals surface area contributed by atoms with Crippen molar-refractivity contribution in [2.24, 2.45) is 12.8 Å². The molecule has 1 aromatic rings. The third kappa shape index (κ3) is 1.44. The lowest BCUT2D eigenvalue weighted by molar-refractivity contribution is 0.0593. The Bertz CT molecular complexity index is 240. The van der Waals surface area contributed by atoms with Crippen molar-refractivity contribution >= 4 is 0 Å². The van der Waals surface area contributed by atoms with Gasteiger partial charge in [-0.05, 0) is 19.1 Å². The van der Waals surface area contributed by atoms with Gasteiger partial charge in [0.05, 0.1) is 5.69 Å². The van der Waals surface area contributed by atoms with Crippen molar-refractivity contribution in [3.63, 3.8) is 0 Å². The zero-order valence-corrected chi connectivity index (χ0v) is 6.91. The van der Waals surface area contributed by atoms with E-state index in [9.17, 15) is 5.11 Å². The molecule has 11 heavy (non-hydrogen) atoms. The second kappa shape index (κ2) is 2.68. The second-order valence-corrected chi connectivity index (χ2v) is 2.98. The Morgan fingerprint density at radius 3 is 2.73 bits per heavy atom. The number of hydrogen-bond acceptors (Lipinski definition) is 2. The molecule has 1 unspecified atom stereocenters. The number of rotatable bonds is 2. The number of nitrogens with two attached hydrogens (primary N) is 1. The van der Waals surface area contributed by atoms with Crippen LogP contribution in [0.2, 0.25) is 0 Å². The molecule has 1 rings (SSSR count). The molecule has 1 heterocycles. The van der Waals surface area contributed by atoms with Gasteiger partial charge in [0.25, 0.3) is 0 Å². The van der Waals surface area contributed by atoms with Crippen LogP contribution < -0.4 is 5.73 Å². The first-order valence-corrected chi connectivity index (χ1v) is 3.62. The summed E-state index contributed by atoms with van der Waals surface area (Å²) in [6.07, 6.45) is 1.89. The first-order valence-electron chi connectivity index (χ1n) is 3.62. The Morgan fingerprint density at radius 2 is 2.36 bits per heavy atom. The summed E-state index contributed by atoms with van der Waals surface area (Å²) in [5, 5.41) is 9.72. The molecule has 0 bridgehead atoms. The van der Waals surface area contributed by atoms with Gasteiger partial charge in [0.2, 0.25) is 0 Å². The van der Waals surface area contributed by atoms with Crippen LogP contribution in [0, 0.1) is 0 Å². The Kier molecular flexibility index (Phi) is 2.02. The fourth-order valence-corrected chi connectivity index (χ4v) is 1.13. The van der Waals surface area contributed by atoms with Gasteiger partial charge in [0, 0.05) is 19.8 Å². The third-order valence-corrected chi connectivity index (χ3v) is 1.89. The molecular weight excluding hydrogens is 140 g/mol. The largest absolute Gasteiger partial charge is 0.383 e. The van der Waals surface area contributed by atoms with Crippen LogP contribution in [-0.4, -0.2) is 16.2 Å². The van der Waals surface area contributed by atoms with Gasteiger partial charge in [0.15, 0.2) is 0 Å². The average Bonchev–Trinajstić information content (AvgIpc) is 2.36. The van der Waals surface area contributed by atoms with E-state index in [1.807, 2.05) is 29.9 Å². The van der Waals surface area contributed by atoms with Gasteiger partial charge in [-0.1, -0.05) is 0 Å². The Balaban J connectivity index is 3.00. The number of aliphatic hydroxyl groups is 1. The van der Waals surface area contributed by atoms with Crippen LogP contribution in [0.4, 0.5) is 0 Å². The highest BCUT2D eigenvalue weighted by atomic mass is 16.3. The van der Waals surface area contributed by atoms with Crippen molar-refractivity contribution in [1.29, 1.82) is 0 Å². The average molecular weight is 154 g/mol. The van der Waals surface area contributed by atoms with Crippen LogP contribution in [0.25, 0.3) is 0 Å². The third-order valence-electron chi connectivity index (χ3n) is 1.89. The fourth-order valence-electron chi connectivity index (χ4n) is 1.13. The smallest absolute Gasteiger partial charge is 0.114 e. The Hall–Kier alpha value is -0.800. The predicted octanol–water partition coefficient (Wildman–Crippen LogP) is 0.191. The summed E-state index contributed by atoms with van der Waals surface area (Å²) < 4.78 is 1.87. The van der Waals surface area contributed by atoms with Crippen LogP contribution in [0.1, 0.15) is 12.6 Å². The van der Waals surface area contributed by atoms with Gasteiger partial charge in [-0.25, -0.2) is 0 Å². The van der Waals surface area contributed by atoms with E-state index in [0.29, 0.717) is 0 Å². The lowest BCUT2D eigenvalue weighted by atomic mass is 10.0. The molecule has 0 aliphatic carbocycles. The summed E-state index contributed by atoms with van der Waals surface area (Å²) in [7, 11) is 1.89. The van der Waals surface area contributed by atoms with E-state index in [1.54, 1.807) is 6.92 Å². The van der Waals surface area contributed by atoms with Crippen molar-refractivity contribution in [1.82, 2.24) is 4.57 Å². The first-order chi connectivity index (χ1) is 5.08. The molecule has 0 saturated carbocycles. The fraction of sp³-hybridized carbons (Fsp3) is 0.500. The van der Waals surface area contributed by atoms with Gasteiger partial charge >= 0.3 is 0 Å². The molecular formula is C8H14N2O. The Morgan fingerprint density at radius 1 is 1.73 bits per heavy atom. The summed E-state index contributed by atoms with van der Waals surface area (Å²) in [5.74, 6) is 0. The maximum absolute atomic E-state index is 9.72. The van der Waals surface area contributed by atoms with Gasteiger partial charge in [0.1, 0.15) is 5.60 Å². The van der Waals surface area contributed by atoms with Crippen LogP contribution in [-0.2, 0) is 12.6 Å². The van der Waals surface area contributed by atoms with Gasteiger partial charge in [-0.2, -0.15) is 0 Å². The summed E-state index contributed by atoms with van der Waals surface area (Å²) >= 11 is 0. The Labute approximate surface area is 66.4 Å². The van der Waals surface area contributed by atoms with Crippen LogP contribution in [0.5, 0.6) is 0 Å². The monoisotopic (exact) mass is 154 g/mol. The van der Waals surface area contributed by atoms with Crippen molar-refractivity contribution in [2.45, 2.75) is 12.5 Å². The maximum atomic E-state index is 9.72. The number of hydrogen-bond donors (Lipinski definition) is 2. The lowest BCUT2D eigenvalue weighted by Gasteiger charge is -2.21. The molecule has 0 aromatic carbocycles. The first kappa shape index (κ1) is 8.30. The zero-order valence-electron chi connectivity index (χ0n) is 6.91. The molecule has 0 spiro atoms. The molecule has 3 N–H and O–H groups in total. The molecule has 0 amide bonds. The van der Waals surface area contributed by atoms with Crippen LogP contribution >= 0.6 is 0 Å². The van der Waals surface area contributed by atoms with Crippen LogP contribution in [0.3, 0.4) is 0 Å². The minimum atomic E-state index is -0.905. The SMILES string of the molecule is Cn1cccc1C(C)(O)CN. The molecule has 0 aliphatic rings. The molecule has 0 radical (unpaired) electrons. The second-order valence-electron chi connectivity index (χ2n) is 2.98. The molecule has 1 atom stereocenters. The van der Waals surface area contributed by atoms with Crippen molar-refractivity contribution in [2.75, 3.05) is 6.54 Å². The normalized spacial score (nSPS) is 16.4. The maximum Gasteiger partial charge on any atom is 0.114 e. The summed E-state index contributed by atoms with van der Waals surface area (Å²) in [4.78, 5) is 0. The van der Waals surface area contributed by atoms with E-state index in [1.165, 1.54) is 0 Å². The molecule has 1 aromatic heterocycles. The zero-order chi connectivity index (χ0) is 8.48. The highest BCUT2D eigenvalue weighted by Crippen LogP contribution is 2.18. The van der Waals surface area contributed by atoms with Gasteiger partial charge in [-0.3, -0.25) is 0 Å². The number of aromatic nitrogens is 1. The minimum absolute atomic E-state index is 0.241. The van der Waals surface area contributed by atoms with E-state index in [4.69, 9.17) is 5.73 Å².